The number of hydrogen-bond donors (Lipinski definition) is 1. The van der Waals surface area contributed by atoms with Gasteiger partial charge < -0.3 is 9.84 Å². The molecule has 3 heteroatoms. The fourth-order valence-electron chi connectivity index (χ4n) is 2.29. The van der Waals surface area contributed by atoms with E-state index in [1.54, 1.807) is 6.20 Å². The molecule has 1 heterocycles. The Kier molecular flexibility index (Phi) is 9.05. The van der Waals surface area contributed by atoms with E-state index in [9.17, 15) is 0 Å². The Labute approximate surface area is 123 Å². The van der Waals surface area contributed by atoms with Crippen LogP contribution >= 0.6 is 0 Å². The quantitative estimate of drug-likeness (QED) is 0.610. The molecule has 1 aromatic heterocycles. The van der Waals surface area contributed by atoms with Crippen molar-refractivity contribution in [3.8, 4) is 5.75 Å². The van der Waals surface area contributed by atoms with Crippen molar-refractivity contribution in [1.82, 2.24) is 4.98 Å². The summed E-state index contributed by atoms with van der Waals surface area (Å²) in [6, 6.07) is 1.87. The number of pyridine rings is 1. The first-order valence-electron chi connectivity index (χ1n) is 7.97. The molecule has 0 atom stereocenters. The Bertz CT molecular complexity index is 366. The maximum atomic E-state index is 9.16. The highest BCUT2D eigenvalue weighted by molar-refractivity contribution is 5.34. The highest BCUT2D eigenvalue weighted by Crippen LogP contribution is 2.19. The summed E-state index contributed by atoms with van der Waals surface area (Å²) in [5.74, 6) is 0.854. The van der Waals surface area contributed by atoms with Gasteiger partial charge in [0.05, 0.1) is 18.9 Å². The summed E-state index contributed by atoms with van der Waals surface area (Å²) in [5.41, 5.74) is 1.66. The summed E-state index contributed by atoms with van der Waals surface area (Å²) in [6.45, 7) is 4.92. The zero-order valence-electron chi connectivity index (χ0n) is 13.0. The predicted octanol–water partition coefficient (Wildman–Crippen LogP) is 4.40. The van der Waals surface area contributed by atoms with Crippen LogP contribution in [0.1, 0.15) is 69.5 Å². The smallest absolute Gasteiger partial charge is 0.125 e. The molecule has 0 aromatic carbocycles. The van der Waals surface area contributed by atoms with Crippen molar-refractivity contribution in [2.75, 3.05) is 6.61 Å². The SMILES string of the molecule is CCCCCCCCCCOc1ccnc(CO)c1C. The van der Waals surface area contributed by atoms with Crippen LogP contribution < -0.4 is 4.74 Å². The molecule has 0 radical (unpaired) electrons. The second-order valence-electron chi connectivity index (χ2n) is 5.36. The van der Waals surface area contributed by atoms with Crippen LogP contribution in [0.5, 0.6) is 5.75 Å². The summed E-state index contributed by atoms with van der Waals surface area (Å²) in [6.07, 6.45) is 12.1. The van der Waals surface area contributed by atoms with Crippen LogP contribution in [-0.4, -0.2) is 16.7 Å². The minimum atomic E-state index is -0.0270. The molecule has 0 fully saturated rings. The van der Waals surface area contributed by atoms with E-state index in [1.165, 1.54) is 44.9 Å². The summed E-state index contributed by atoms with van der Waals surface area (Å²) < 4.78 is 5.77. The van der Waals surface area contributed by atoms with Crippen LogP contribution in [0.3, 0.4) is 0 Å². The third-order valence-corrected chi connectivity index (χ3v) is 3.66. The third-order valence-electron chi connectivity index (χ3n) is 3.66. The van der Waals surface area contributed by atoms with E-state index in [2.05, 4.69) is 11.9 Å². The molecule has 1 aromatic rings. The lowest BCUT2D eigenvalue weighted by molar-refractivity contribution is 0.271. The third kappa shape index (κ3) is 6.38. The van der Waals surface area contributed by atoms with Crippen LogP contribution in [0.25, 0.3) is 0 Å². The predicted molar refractivity (Wildman–Crippen MR) is 83.0 cm³/mol. The molecule has 3 nitrogen and oxygen atoms in total. The molecule has 1 N–H and O–H groups in total. The molecule has 0 unspecified atom stereocenters. The Hall–Kier alpha value is -1.09. The number of rotatable bonds is 11. The highest BCUT2D eigenvalue weighted by atomic mass is 16.5. The average Bonchev–Trinajstić information content (AvgIpc) is 2.47. The largest absolute Gasteiger partial charge is 0.493 e. The number of unbranched alkanes of at least 4 members (excludes halogenated alkanes) is 7. The van der Waals surface area contributed by atoms with Crippen molar-refractivity contribution in [2.24, 2.45) is 0 Å². The molecule has 114 valence electrons. The molecule has 0 bridgehead atoms. The Morgan fingerprint density at radius 1 is 1.05 bits per heavy atom. The van der Waals surface area contributed by atoms with Gasteiger partial charge in [0.25, 0.3) is 0 Å². The molecule has 0 saturated heterocycles. The Morgan fingerprint density at radius 2 is 1.70 bits per heavy atom. The van der Waals surface area contributed by atoms with Crippen molar-refractivity contribution < 1.29 is 9.84 Å². The maximum absolute atomic E-state index is 9.16. The second-order valence-corrected chi connectivity index (χ2v) is 5.36. The molecule has 0 amide bonds. The van der Waals surface area contributed by atoms with Gasteiger partial charge in [0.2, 0.25) is 0 Å². The van der Waals surface area contributed by atoms with E-state index in [0.717, 1.165) is 24.3 Å². The number of nitrogens with zero attached hydrogens (tertiary/aromatic N) is 1. The monoisotopic (exact) mass is 279 g/mol. The van der Waals surface area contributed by atoms with E-state index in [0.29, 0.717) is 5.69 Å². The zero-order valence-corrected chi connectivity index (χ0v) is 13.0. The van der Waals surface area contributed by atoms with Gasteiger partial charge in [-0.15, -0.1) is 0 Å². The minimum Gasteiger partial charge on any atom is -0.493 e. The van der Waals surface area contributed by atoms with Crippen molar-refractivity contribution >= 4 is 0 Å². The van der Waals surface area contributed by atoms with Gasteiger partial charge in [-0.25, -0.2) is 0 Å². The summed E-state index contributed by atoms with van der Waals surface area (Å²) >= 11 is 0. The molecule has 0 aliphatic rings. The molecule has 1 rings (SSSR count). The van der Waals surface area contributed by atoms with Crippen LogP contribution in [0.15, 0.2) is 12.3 Å². The lowest BCUT2D eigenvalue weighted by Crippen LogP contribution is -2.02. The van der Waals surface area contributed by atoms with E-state index < -0.39 is 0 Å². The zero-order chi connectivity index (χ0) is 14.6. The number of aliphatic hydroxyl groups excluding tert-OH is 1. The highest BCUT2D eigenvalue weighted by Gasteiger charge is 2.05. The van der Waals surface area contributed by atoms with Crippen LogP contribution in [0.2, 0.25) is 0 Å². The lowest BCUT2D eigenvalue weighted by atomic mass is 10.1. The van der Waals surface area contributed by atoms with Crippen LogP contribution in [0.4, 0.5) is 0 Å². The van der Waals surface area contributed by atoms with Gasteiger partial charge in [-0.2, -0.15) is 0 Å². The molecule has 0 aliphatic heterocycles. The number of hydrogen-bond acceptors (Lipinski definition) is 3. The van der Waals surface area contributed by atoms with Gasteiger partial charge in [0.1, 0.15) is 5.75 Å². The molecule has 0 spiro atoms. The number of aromatic nitrogens is 1. The maximum Gasteiger partial charge on any atom is 0.125 e. The van der Waals surface area contributed by atoms with Crippen molar-refractivity contribution in [3.63, 3.8) is 0 Å². The molecular formula is C17H29NO2. The first kappa shape index (κ1) is 17.0. The van der Waals surface area contributed by atoms with E-state index in [4.69, 9.17) is 9.84 Å². The molecule has 0 aliphatic carbocycles. The fourth-order valence-corrected chi connectivity index (χ4v) is 2.29. The van der Waals surface area contributed by atoms with Crippen molar-refractivity contribution in [2.45, 2.75) is 71.8 Å². The van der Waals surface area contributed by atoms with Crippen LogP contribution in [-0.2, 0) is 6.61 Å². The Morgan fingerprint density at radius 3 is 2.35 bits per heavy atom. The van der Waals surface area contributed by atoms with Gasteiger partial charge in [-0.05, 0) is 19.4 Å². The molecular weight excluding hydrogens is 250 g/mol. The van der Waals surface area contributed by atoms with Crippen LogP contribution in [0, 0.1) is 6.92 Å². The molecule has 0 saturated carbocycles. The summed E-state index contributed by atoms with van der Waals surface area (Å²) in [7, 11) is 0. The first-order valence-corrected chi connectivity index (χ1v) is 7.97. The lowest BCUT2D eigenvalue weighted by Gasteiger charge is -2.10. The summed E-state index contributed by atoms with van der Waals surface area (Å²) in [4.78, 5) is 4.12. The van der Waals surface area contributed by atoms with Gasteiger partial charge in [0.15, 0.2) is 0 Å². The first-order chi connectivity index (χ1) is 9.79. The minimum absolute atomic E-state index is 0.0270. The standard InChI is InChI=1S/C17H29NO2/c1-3-4-5-6-7-8-9-10-13-20-17-11-12-18-16(14-19)15(17)2/h11-12,19H,3-10,13-14H2,1-2H3. The fraction of sp³-hybridized carbons (Fsp3) is 0.706. The van der Waals surface area contributed by atoms with E-state index in [1.807, 2.05) is 13.0 Å². The second kappa shape index (κ2) is 10.7. The normalized spacial score (nSPS) is 10.8. The van der Waals surface area contributed by atoms with Gasteiger partial charge in [-0.1, -0.05) is 51.9 Å². The Balaban J connectivity index is 2.09. The van der Waals surface area contributed by atoms with Gasteiger partial charge in [-0.3, -0.25) is 4.98 Å². The number of aliphatic hydroxyl groups is 1. The van der Waals surface area contributed by atoms with Crippen molar-refractivity contribution in [1.29, 1.82) is 0 Å². The molecule has 20 heavy (non-hydrogen) atoms. The van der Waals surface area contributed by atoms with Gasteiger partial charge >= 0.3 is 0 Å². The van der Waals surface area contributed by atoms with Crippen molar-refractivity contribution in [3.05, 3.63) is 23.5 Å². The number of ether oxygens (including phenoxy) is 1. The topological polar surface area (TPSA) is 42.4 Å². The van der Waals surface area contributed by atoms with E-state index >= 15 is 0 Å². The van der Waals surface area contributed by atoms with E-state index in [-0.39, 0.29) is 6.61 Å². The summed E-state index contributed by atoms with van der Waals surface area (Å²) in [5, 5.41) is 9.16. The van der Waals surface area contributed by atoms with Gasteiger partial charge in [0, 0.05) is 11.8 Å². The average molecular weight is 279 g/mol.